The first kappa shape index (κ1) is 13.5. The summed E-state index contributed by atoms with van der Waals surface area (Å²) in [4.78, 5) is 25.5. The van der Waals surface area contributed by atoms with Crippen molar-refractivity contribution < 1.29 is 9.59 Å². The second kappa shape index (κ2) is 3.45. The summed E-state index contributed by atoms with van der Waals surface area (Å²) < 4.78 is 0. The third-order valence-electron chi connectivity index (χ3n) is 11.3. The van der Waals surface area contributed by atoms with Gasteiger partial charge >= 0.3 is 0 Å². The Kier molecular flexibility index (Phi) is 1.94. The molecule has 1 spiro atoms. The van der Waals surface area contributed by atoms with Crippen molar-refractivity contribution in [1.82, 2.24) is 0 Å². The van der Waals surface area contributed by atoms with Crippen LogP contribution >= 0.6 is 0 Å². The number of carbonyl (C=O) groups is 2. The fraction of sp³-hybridized carbons (Fsp3) is 0.909. The summed E-state index contributed by atoms with van der Waals surface area (Å²) in [6.07, 6.45) is 8.63. The molecule has 10 rings (SSSR count). The van der Waals surface area contributed by atoms with Crippen LogP contribution in [0.3, 0.4) is 0 Å². The van der Waals surface area contributed by atoms with Gasteiger partial charge in [-0.1, -0.05) is 0 Å². The van der Waals surface area contributed by atoms with Gasteiger partial charge in [0.2, 0.25) is 0 Å². The molecule has 11 bridgehead atoms. The average molecular weight is 324 g/mol. The quantitative estimate of drug-likeness (QED) is 0.772. The molecule has 0 aromatic heterocycles. The molecule has 2 heteroatoms. The van der Waals surface area contributed by atoms with Gasteiger partial charge in [0, 0.05) is 10.8 Å². The number of Topliss-reactive ketones (excluding diaryl/α,β-unsaturated/α-hetero) is 2. The Morgan fingerprint density at radius 2 is 1.04 bits per heavy atom. The van der Waals surface area contributed by atoms with Crippen molar-refractivity contribution in [3.8, 4) is 0 Å². The summed E-state index contributed by atoms with van der Waals surface area (Å²) in [5.41, 5.74) is 0.410. The topological polar surface area (TPSA) is 34.1 Å². The predicted molar refractivity (Wildman–Crippen MR) is 88.9 cm³/mol. The molecule has 0 N–H and O–H groups in total. The van der Waals surface area contributed by atoms with E-state index >= 15 is 0 Å². The Hall–Kier alpha value is -0.660. The van der Waals surface area contributed by atoms with Gasteiger partial charge in [0.25, 0.3) is 0 Å². The summed E-state index contributed by atoms with van der Waals surface area (Å²) in [6, 6.07) is 0. The highest BCUT2D eigenvalue weighted by atomic mass is 16.1. The smallest absolute Gasteiger partial charge is 0.136 e. The highest BCUT2D eigenvalue weighted by Gasteiger charge is 2.83. The lowest BCUT2D eigenvalue weighted by atomic mass is 9.18. The van der Waals surface area contributed by atoms with Gasteiger partial charge in [0.15, 0.2) is 0 Å². The van der Waals surface area contributed by atoms with Crippen molar-refractivity contribution >= 4 is 11.6 Å². The van der Waals surface area contributed by atoms with Crippen molar-refractivity contribution in [2.75, 3.05) is 0 Å². The lowest BCUT2D eigenvalue weighted by molar-refractivity contribution is -0.367. The Morgan fingerprint density at radius 1 is 0.667 bits per heavy atom. The Labute approximate surface area is 144 Å². The van der Waals surface area contributed by atoms with Gasteiger partial charge in [0.05, 0.1) is 0 Å². The fourth-order valence-electron chi connectivity index (χ4n) is 11.3. The first-order chi connectivity index (χ1) is 11.4. The van der Waals surface area contributed by atoms with Crippen molar-refractivity contribution in [2.24, 2.45) is 63.6 Å². The molecule has 0 saturated heterocycles. The van der Waals surface area contributed by atoms with Crippen LogP contribution in [0.2, 0.25) is 0 Å². The van der Waals surface area contributed by atoms with Crippen LogP contribution in [0, 0.1) is 63.6 Å². The summed E-state index contributed by atoms with van der Waals surface area (Å²) in [5, 5.41) is 0. The molecule has 10 fully saturated rings. The number of hydrogen-bond acceptors (Lipinski definition) is 2. The van der Waals surface area contributed by atoms with E-state index in [0.29, 0.717) is 17.0 Å². The summed E-state index contributed by atoms with van der Waals surface area (Å²) in [5.74, 6) is 7.98. The molecule has 10 aliphatic rings. The van der Waals surface area contributed by atoms with E-state index in [1.165, 1.54) is 44.9 Å². The summed E-state index contributed by atoms with van der Waals surface area (Å²) >= 11 is 0. The minimum atomic E-state index is 0.00925. The predicted octanol–water partition coefficient (Wildman–Crippen LogP) is 3.88. The normalized spacial score (nSPS) is 68.9. The summed E-state index contributed by atoms with van der Waals surface area (Å²) in [6.45, 7) is 3.76. The van der Waals surface area contributed by atoms with E-state index in [2.05, 4.69) is 0 Å². The lowest BCUT2D eigenvalue weighted by Gasteiger charge is -2.85. The van der Waals surface area contributed by atoms with Crippen LogP contribution < -0.4 is 0 Å². The average Bonchev–Trinajstić information content (AvgIpc) is 2.52. The molecule has 128 valence electrons. The third kappa shape index (κ3) is 1.06. The van der Waals surface area contributed by atoms with Crippen molar-refractivity contribution in [3.05, 3.63) is 0 Å². The van der Waals surface area contributed by atoms with Gasteiger partial charge in [-0.3, -0.25) is 9.59 Å². The van der Waals surface area contributed by atoms with Gasteiger partial charge in [-0.2, -0.15) is 0 Å². The molecule has 0 aromatic carbocycles. The molecule has 24 heavy (non-hydrogen) atoms. The van der Waals surface area contributed by atoms with Crippen LogP contribution in [0.1, 0.15) is 58.8 Å². The minimum absolute atomic E-state index is 0.00925. The molecule has 6 unspecified atom stereocenters. The molecule has 0 heterocycles. The zero-order valence-corrected chi connectivity index (χ0v) is 14.9. The van der Waals surface area contributed by atoms with Gasteiger partial charge in [0.1, 0.15) is 11.6 Å². The first-order valence-corrected chi connectivity index (χ1v) is 10.4. The molecule has 0 radical (unpaired) electrons. The minimum Gasteiger partial charge on any atom is -0.299 e. The van der Waals surface area contributed by atoms with Crippen LogP contribution in [0.4, 0.5) is 0 Å². The van der Waals surface area contributed by atoms with Crippen molar-refractivity contribution in [1.29, 1.82) is 0 Å². The van der Waals surface area contributed by atoms with E-state index < -0.39 is 0 Å². The second-order valence-corrected chi connectivity index (χ2v) is 11.3. The second-order valence-electron chi connectivity index (χ2n) is 11.3. The van der Waals surface area contributed by atoms with Crippen molar-refractivity contribution in [2.45, 2.75) is 58.8 Å². The molecule has 0 aromatic rings. The molecular weight excluding hydrogens is 296 g/mol. The van der Waals surface area contributed by atoms with Crippen LogP contribution in [0.25, 0.3) is 0 Å². The number of rotatable bonds is 2. The largest absolute Gasteiger partial charge is 0.299 e. The molecule has 10 aliphatic carbocycles. The maximum atomic E-state index is 12.7. The highest BCUT2D eigenvalue weighted by molar-refractivity contribution is 5.85. The number of hydrogen-bond donors (Lipinski definition) is 0. The van der Waals surface area contributed by atoms with Gasteiger partial charge in [-0.25, -0.2) is 0 Å². The number of carbonyl (C=O) groups excluding carboxylic acids is 2. The Balaban J connectivity index is 1.49. The van der Waals surface area contributed by atoms with Crippen LogP contribution in [0.15, 0.2) is 0 Å². The Bertz CT molecular complexity index is 631. The monoisotopic (exact) mass is 324 g/mol. The SMILES string of the molecule is CC(=O)C12C[C@@H]3C4CC5[C@H]6CC7(C(C)=O)C[C@@H]5C3C(C1)(C7)C6[C@H]4C2. The zero-order chi connectivity index (χ0) is 16.2. The van der Waals surface area contributed by atoms with Gasteiger partial charge < -0.3 is 0 Å². The van der Waals surface area contributed by atoms with Crippen LogP contribution in [0.5, 0.6) is 0 Å². The van der Waals surface area contributed by atoms with E-state index in [-0.39, 0.29) is 10.8 Å². The van der Waals surface area contributed by atoms with E-state index in [4.69, 9.17) is 0 Å². The molecule has 2 nitrogen and oxygen atoms in total. The maximum absolute atomic E-state index is 12.7. The van der Waals surface area contributed by atoms with Crippen molar-refractivity contribution in [3.63, 3.8) is 0 Å². The first-order valence-electron chi connectivity index (χ1n) is 10.4. The van der Waals surface area contributed by atoms with Gasteiger partial charge in [-0.15, -0.1) is 0 Å². The fourth-order valence-corrected chi connectivity index (χ4v) is 11.3. The molecule has 0 amide bonds. The zero-order valence-electron chi connectivity index (χ0n) is 14.9. The van der Waals surface area contributed by atoms with Crippen LogP contribution in [-0.2, 0) is 9.59 Å². The molecule has 10 saturated carbocycles. The third-order valence-corrected chi connectivity index (χ3v) is 11.3. The molecule has 10 atom stereocenters. The number of ketones is 2. The lowest BCUT2D eigenvalue weighted by Crippen LogP contribution is -2.81. The standard InChI is InChI=1S/C22H28O2/c1-10(23)20-4-14-12-3-13-16-6-21(11(2)24)7-17(13)19(15(12)5-20)22(8-20,9-21)18(14)16/h12-19H,3-9H2,1-2H3/t12?,13?,14-,15+,16+,17-,18?,19?,20?,21?,22?. The van der Waals surface area contributed by atoms with E-state index in [1.54, 1.807) is 0 Å². The van der Waals surface area contributed by atoms with Gasteiger partial charge in [-0.05, 0) is 112 Å². The summed E-state index contributed by atoms with van der Waals surface area (Å²) in [7, 11) is 0. The highest BCUT2D eigenvalue weighted by Crippen LogP contribution is 2.88. The molecule has 0 aliphatic heterocycles. The molecular formula is C22H28O2. The maximum Gasteiger partial charge on any atom is 0.136 e. The van der Waals surface area contributed by atoms with E-state index in [1.807, 2.05) is 13.8 Å². The van der Waals surface area contributed by atoms with E-state index in [9.17, 15) is 9.59 Å². The Morgan fingerprint density at radius 3 is 1.38 bits per heavy atom. The van der Waals surface area contributed by atoms with Crippen LogP contribution in [-0.4, -0.2) is 11.6 Å². The van der Waals surface area contributed by atoms with E-state index in [0.717, 1.165) is 47.3 Å².